The van der Waals surface area contributed by atoms with Crippen molar-refractivity contribution in [1.82, 2.24) is 19.7 Å². The van der Waals surface area contributed by atoms with Gasteiger partial charge in [-0.05, 0) is 64.7 Å². The van der Waals surface area contributed by atoms with E-state index in [0.717, 1.165) is 30.9 Å². The third-order valence-corrected chi connectivity index (χ3v) is 6.14. The van der Waals surface area contributed by atoms with E-state index in [1.807, 2.05) is 0 Å². The molecule has 0 saturated carbocycles. The van der Waals surface area contributed by atoms with Crippen LogP contribution < -0.4 is 10.9 Å². The minimum Gasteiger partial charge on any atom is -0.444 e. The zero-order valence-electron chi connectivity index (χ0n) is 20.3. The number of hydrogen-bond donors (Lipinski definition) is 1. The van der Waals surface area contributed by atoms with E-state index in [4.69, 9.17) is 26.2 Å². The van der Waals surface area contributed by atoms with Gasteiger partial charge in [0.1, 0.15) is 17.4 Å². The molecule has 4 rings (SSSR count). The minimum absolute atomic E-state index is 0.0534. The van der Waals surface area contributed by atoms with Gasteiger partial charge < -0.3 is 24.2 Å². The summed E-state index contributed by atoms with van der Waals surface area (Å²) in [5, 5.41) is 9.15. The highest BCUT2D eigenvalue weighted by molar-refractivity contribution is 6.31. The SMILES string of the molecule is CC(C)(C)OC(=O)NCCCn1c(=O)c2c(CC=O)n(C3CCCCO3)nc2c2cc(Cl)ccc21. The molecule has 1 saturated heterocycles. The highest BCUT2D eigenvalue weighted by Crippen LogP contribution is 2.31. The summed E-state index contributed by atoms with van der Waals surface area (Å²) >= 11 is 6.32. The highest BCUT2D eigenvalue weighted by atomic mass is 35.5. The van der Waals surface area contributed by atoms with Crippen LogP contribution in [0.25, 0.3) is 21.8 Å². The normalized spacial score (nSPS) is 16.5. The van der Waals surface area contributed by atoms with Crippen molar-refractivity contribution < 1.29 is 19.1 Å². The first-order valence-electron chi connectivity index (χ1n) is 11.9. The van der Waals surface area contributed by atoms with E-state index < -0.39 is 11.7 Å². The summed E-state index contributed by atoms with van der Waals surface area (Å²) < 4.78 is 14.6. The number of nitrogens with zero attached hydrogens (tertiary/aromatic N) is 3. The number of aromatic nitrogens is 3. The zero-order chi connectivity index (χ0) is 25.2. The summed E-state index contributed by atoms with van der Waals surface area (Å²) in [6.07, 6.45) is 3.26. The lowest BCUT2D eigenvalue weighted by Crippen LogP contribution is -2.33. The van der Waals surface area contributed by atoms with E-state index in [1.165, 1.54) is 0 Å². The maximum absolute atomic E-state index is 13.7. The van der Waals surface area contributed by atoms with Crippen molar-refractivity contribution in [3.8, 4) is 0 Å². The molecule has 1 N–H and O–H groups in total. The molecule has 10 heteroatoms. The zero-order valence-corrected chi connectivity index (χ0v) is 21.1. The van der Waals surface area contributed by atoms with Crippen molar-refractivity contribution in [2.45, 2.75) is 71.2 Å². The fraction of sp³-hybridized carbons (Fsp3) is 0.520. The van der Waals surface area contributed by atoms with Gasteiger partial charge in [0.05, 0.1) is 16.6 Å². The van der Waals surface area contributed by atoms with E-state index in [1.54, 1.807) is 48.2 Å². The molecule has 1 atom stereocenters. The standard InChI is InChI=1S/C25H31ClN4O5/c1-25(2,3)35-24(33)27-11-6-12-29-18-9-8-16(26)15-17(18)22-21(23(29)32)19(10-13-31)30(28-22)20-7-4-5-14-34-20/h8-9,13,15,20H,4-7,10-12,14H2,1-3H3,(H,27,33). The number of fused-ring (bicyclic) bond motifs is 3. The summed E-state index contributed by atoms with van der Waals surface area (Å²) in [6.45, 7) is 6.71. The summed E-state index contributed by atoms with van der Waals surface area (Å²) in [4.78, 5) is 37.3. The van der Waals surface area contributed by atoms with Crippen LogP contribution in [0, 0.1) is 0 Å². The maximum Gasteiger partial charge on any atom is 0.407 e. The Kier molecular flexibility index (Phi) is 7.47. The molecule has 0 spiro atoms. The van der Waals surface area contributed by atoms with Crippen molar-refractivity contribution >= 4 is 45.8 Å². The van der Waals surface area contributed by atoms with Gasteiger partial charge in [-0.2, -0.15) is 5.10 Å². The molecule has 188 valence electrons. The Morgan fingerprint density at radius 1 is 1.34 bits per heavy atom. The smallest absolute Gasteiger partial charge is 0.407 e. The summed E-state index contributed by atoms with van der Waals surface area (Å²) in [5.41, 5.74) is 0.941. The third kappa shape index (κ3) is 5.51. The van der Waals surface area contributed by atoms with Gasteiger partial charge in [0.15, 0.2) is 6.23 Å². The van der Waals surface area contributed by atoms with E-state index in [2.05, 4.69) is 5.32 Å². The summed E-state index contributed by atoms with van der Waals surface area (Å²) in [5.74, 6) is 0. The monoisotopic (exact) mass is 502 g/mol. The fourth-order valence-electron chi connectivity index (χ4n) is 4.45. The van der Waals surface area contributed by atoms with Gasteiger partial charge in [0.2, 0.25) is 0 Å². The van der Waals surface area contributed by atoms with Crippen LogP contribution in [0.15, 0.2) is 23.0 Å². The molecular weight excluding hydrogens is 472 g/mol. The first kappa shape index (κ1) is 25.2. The van der Waals surface area contributed by atoms with Crippen LogP contribution in [0.3, 0.4) is 0 Å². The lowest BCUT2D eigenvalue weighted by atomic mass is 10.1. The number of amides is 1. The molecule has 35 heavy (non-hydrogen) atoms. The number of nitrogens with one attached hydrogen (secondary N) is 1. The van der Waals surface area contributed by atoms with Crippen molar-refractivity contribution in [2.75, 3.05) is 13.2 Å². The van der Waals surface area contributed by atoms with Crippen molar-refractivity contribution in [2.24, 2.45) is 0 Å². The molecule has 1 unspecified atom stereocenters. The number of benzene rings is 1. The van der Waals surface area contributed by atoms with Crippen LogP contribution >= 0.6 is 11.6 Å². The van der Waals surface area contributed by atoms with E-state index in [9.17, 15) is 14.4 Å². The van der Waals surface area contributed by atoms with Gasteiger partial charge in [-0.15, -0.1) is 0 Å². The van der Waals surface area contributed by atoms with Gasteiger partial charge in [-0.25, -0.2) is 9.48 Å². The molecule has 3 heterocycles. The number of alkyl carbamates (subject to hydrolysis) is 1. The average molecular weight is 503 g/mol. The van der Waals surface area contributed by atoms with Crippen LogP contribution in [0.2, 0.25) is 5.02 Å². The molecule has 1 fully saturated rings. The molecule has 3 aromatic rings. The Labute approximate surface area is 208 Å². The van der Waals surface area contributed by atoms with Crippen LogP contribution in [0.5, 0.6) is 0 Å². The Balaban J connectivity index is 1.73. The lowest BCUT2D eigenvalue weighted by Gasteiger charge is -2.24. The Hall–Kier alpha value is -2.91. The Bertz CT molecular complexity index is 1300. The predicted molar refractivity (Wildman–Crippen MR) is 134 cm³/mol. The van der Waals surface area contributed by atoms with Crippen LogP contribution in [-0.4, -0.2) is 45.5 Å². The lowest BCUT2D eigenvalue weighted by molar-refractivity contribution is -0.107. The number of carbonyl (C=O) groups excluding carboxylic acids is 2. The molecule has 0 bridgehead atoms. The quantitative estimate of drug-likeness (QED) is 0.380. The third-order valence-electron chi connectivity index (χ3n) is 5.91. The number of pyridine rings is 1. The number of aryl methyl sites for hydroxylation is 1. The molecule has 1 amide bonds. The number of ether oxygens (including phenoxy) is 2. The first-order chi connectivity index (χ1) is 16.7. The first-order valence-corrected chi connectivity index (χ1v) is 12.3. The predicted octanol–water partition coefficient (Wildman–Crippen LogP) is 4.36. The van der Waals surface area contributed by atoms with Gasteiger partial charge in [0, 0.05) is 36.5 Å². The van der Waals surface area contributed by atoms with Crippen LogP contribution in [-0.2, 0) is 27.2 Å². The van der Waals surface area contributed by atoms with Gasteiger partial charge in [-0.1, -0.05) is 11.6 Å². The Morgan fingerprint density at radius 2 is 2.14 bits per heavy atom. The Morgan fingerprint density at radius 3 is 2.83 bits per heavy atom. The molecular formula is C25H31ClN4O5. The van der Waals surface area contributed by atoms with E-state index in [-0.39, 0.29) is 18.2 Å². The van der Waals surface area contributed by atoms with Gasteiger partial charge in [-0.3, -0.25) is 4.79 Å². The van der Waals surface area contributed by atoms with Crippen molar-refractivity contribution in [1.29, 1.82) is 0 Å². The molecule has 2 aromatic heterocycles. The number of hydrogen-bond acceptors (Lipinski definition) is 6. The molecule has 1 aromatic carbocycles. The van der Waals surface area contributed by atoms with Gasteiger partial charge in [0.25, 0.3) is 5.56 Å². The molecule has 0 aliphatic carbocycles. The minimum atomic E-state index is -0.585. The van der Waals surface area contributed by atoms with Gasteiger partial charge >= 0.3 is 6.09 Å². The second-order valence-corrected chi connectivity index (χ2v) is 10.1. The number of halogens is 1. The second-order valence-electron chi connectivity index (χ2n) is 9.71. The number of rotatable bonds is 7. The van der Waals surface area contributed by atoms with Crippen molar-refractivity contribution in [3.63, 3.8) is 0 Å². The molecule has 1 aliphatic rings. The van der Waals surface area contributed by atoms with E-state index >= 15 is 0 Å². The molecule has 9 nitrogen and oxygen atoms in total. The summed E-state index contributed by atoms with van der Waals surface area (Å²) in [7, 11) is 0. The fourth-order valence-corrected chi connectivity index (χ4v) is 4.63. The van der Waals surface area contributed by atoms with Crippen LogP contribution in [0.1, 0.15) is 58.4 Å². The largest absolute Gasteiger partial charge is 0.444 e. The second kappa shape index (κ2) is 10.4. The molecule has 0 radical (unpaired) electrons. The maximum atomic E-state index is 13.7. The highest BCUT2D eigenvalue weighted by Gasteiger charge is 2.26. The van der Waals surface area contributed by atoms with Crippen LogP contribution in [0.4, 0.5) is 4.79 Å². The summed E-state index contributed by atoms with van der Waals surface area (Å²) in [6, 6.07) is 5.32. The molecule has 1 aliphatic heterocycles. The topological polar surface area (TPSA) is 104 Å². The van der Waals surface area contributed by atoms with Crippen molar-refractivity contribution in [3.05, 3.63) is 39.3 Å². The average Bonchev–Trinajstić information content (AvgIpc) is 3.18. The van der Waals surface area contributed by atoms with E-state index in [0.29, 0.717) is 53.3 Å². The number of carbonyl (C=O) groups is 2. The number of aldehydes is 1.